The number of rotatable bonds is 3. The Labute approximate surface area is 157 Å². The normalized spacial score (nSPS) is 29.5. The first kappa shape index (κ1) is 18.2. The molecule has 4 aliphatic rings. The summed E-state index contributed by atoms with van der Waals surface area (Å²) in [5.74, 6) is 0.904. The summed E-state index contributed by atoms with van der Waals surface area (Å²) in [6, 6.07) is -0.0607. The van der Waals surface area contributed by atoms with Gasteiger partial charge in [-0.25, -0.2) is 4.79 Å². The van der Waals surface area contributed by atoms with E-state index in [1.165, 1.54) is 38.6 Å². The van der Waals surface area contributed by atoms with Crippen LogP contribution in [-0.4, -0.2) is 78.0 Å². The highest BCUT2D eigenvalue weighted by atomic mass is 16.2. The maximum Gasteiger partial charge on any atom is 0.325 e. The summed E-state index contributed by atoms with van der Waals surface area (Å²) in [4.78, 5) is 32.1. The Morgan fingerprint density at radius 2 is 1.62 bits per heavy atom. The van der Waals surface area contributed by atoms with Crippen LogP contribution in [0.2, 0.25) is 0 Å². The maximum absolute atomic E-state index is 13.1. The zero-order valence-electron chi connectivity index (χ0n) is 16.2. The van der Waals surface area contributed by atoms with Crippen molar-refractivity contribution in [3.05, 3.63) is 0 Å². The molecule has 4 rings (SSSR count). The Morgan fingerprint density at radius 3 is 2.27 bits per heavy atom. The lowest BCUT2D eigenvalue weighted by Crippen LogP contribution is -2.55. The van der Waals surface area contributed by atoms with Gasteiger partial charge in [-0.1, -0.05) is 19.3 Å². The first-order chi connectivity index (χ1) is 12.6. The van der Waals surface area contributed by atoms with E-state index < -0.39 is 5.54 Å². The van der Waals surface area contributed by atoms with E-state index in [4.69, 9.17) is 0 Å². The van der Waals surface area contributed by atoms with Crippen molar-refractivity contribution in [2.24, 2.45) is 5.92 Å². The number of hydrogen-bond acceptors (Lipinski definition) is 4. The standard InChI is InChI=1S/C20H34N4O2/c1-22-13-9-20(10-14-22)18(25)24(19(26)21-20)17-7-11-23(12-8-17)15-16-5-3-2-4-6-16/h16-17H,2-15H2,1H3,(H,21,26). The van der Waals surface area contributed by atoms with Crippen LogP contribution in [0, 0.1) is 5.92 Å². The van der Waals surface area contributed by atoms with Crippen LogP contribution in [0.25, 0.3) is 0 Å². The summed E-state index contributed by atoms with van der Waals surface area (Å²) >= 11 is 0. The highest BCUT2D eigenvalue weighted by Crippen LogP contribution is 2.33. The number of nitrogens with zero attached hydrogens (tertiary/aromatic N) is 3. The minimum Gasteiger partial charge on any atom is -0.323 e. The van der Waals surface area contributed by atoms with Gasteiger partial charge in [-0.2, -0.15) is 0 Å². The van der Waals surface area contributed by atoms with Gasteiger partial charge in [0.1, 0.15) is 5.54 Å². The van der Waals surface area contributed by atoms with E-state index in [0.717, 1.165) is 57.8 Å². The maximum atomic E-state index is 13.1. The molecule has 4 fully saturated rings. The first-order valence-electron chi connectivity index (χ1n) is 10.6. The SMILES string of the molecule is CN1CCC2(CC1)NC(=O)N(C1CCN(CC3CCCCC3)CC1)C2=O. The van der Waals surface area contributed by atoms with E-state index in [2.05, 4.69) is 22.2 Å². The largest absolute Gasteiger partial charge is 0.325 e. The number of imide groups is 1. The van der Waals surface area contributed by atoms with E-state index in [0.29, 0.717) is 0 Å². The zero-order chi connectivity index (χ0) is 18.1. The third-order valence-corrected chi connectivity index (χ3v) is 7.20. The predicted molar refractivity (Wildman–Crippen MR) is 101 cm³/mol. The molecule has 3 heterocycles. The molecule has 1 saturated carbocycles. The topological polar surface area (TPSA) is 55.9 Å². The van der Waals surface area contributed by atoms with Gasteiger partial charge in [0.25, 0.3) is 5.91 Å². The van der Waals surface area contributed by atoms with Crippen molar-refractivity contribution in [2.75, 3.05) is 39.8 Å². The molecule has 6 nitrogen and oxygen atoms in total. The van der Waals surface area contributed by atoms with Crippen molar-refractivity contribution in [1.29, 1.82) is 0 Å². The smallest absolute Gasteiger partial charge is 0.323 e. The lowest BCUT2D eigenvalue weighted by Gasteiger charge is -2.39. The second-order valence-corrected chi connectivity index (χ2v) is 9.03. The Hall–Kier alpha value is -1.14. The third-order valence-electron chi connectivity index (χ3n) is 7.20. The fourth-order valence-corrected chi connectivity index (χ4v) is 5.41. The van der Waals surface area contributed by atoms with Crippen molar-refractivity contribution in [2.45, 2.75) is 69.4 Å². The molecule has 0 aromatic rings. The quantitative estimate of drug-likeness (QED) is 0.781. The van der Waals surface area contributed by atoms with Crippen molar-refractivity contribution < 1.29 is 9.59 Å². The van der Waals surface area contributed by atoms with E-state index in [1.54, 1.807) is 4.90 Å². The van der Waals surface area contributed by atoms with Crippen molar-refractivity contribution >= 4 is 11.9 Å². The minimum atomic E-state index is -0.622. The van der Waals surface area contributed by atoms with Crippen LogP contribution in [0.15, 0.2) is 0 Å². The van der Waals surface area contributed by atoms with Crippen LogP contribution in [0.5, 0.6) is 0 Å². The Balaban J connectivity index is 1.32. The monoisotopic (exact) mass is 362 g/mol. The summed E-state index contributed by atoms with van der Waals surface area (Å²) in [5, 5.41) is 3.06. The molecule has 1 N–H and O–H groups in total. The Morgan fingerprint density at radius 1 is 0.962 bits per heavy atom. The molecule has 0 aromatic carbocycles. The highest BCUT2D eigenvalue weighted by molar-refractivity contribution is 6.07. The fourth-order valence-electron chi connectivity index (χ4n) is 5.41. The first-order valence-corrected chi connectivity index (χ1v) is 10.6. The lowest BCUT2D eigenvalue weighted by molar-refractivity contribution is -0.135. The number of carbonyl (C=O) groups excluding carboxylic acids is 2. The molecule has 3 aliphatic heterocycles. The molecular weight excluding hydrogens is 328 g/mol. The van der Waals surface area contributed by atoms with Gasteiger partial charge in [0.05, 0.1) is 0 Å². The van der Waals surface area contributed by atoms with Crippen LogP contribution in [0.3, 0.4) is 0 Å². The summed E-state index contributed by atoms with van der Waals surface area (Å²) < 4.78 is 0. The number of urea groups is 1. The highest BCUT2D eigenvalue weighted by Gasteiger charge is 2.54. The van der Waals surface area contributed by atoms with Crippen molar-refractivity contribution in [3.8, 4) is 0 Å². The zero-order valence-corrected chi connectivity index (χ0v) is 16.2. The molecule has 0 radical (unpaired) electrons. The van der Waals surface area contributed by atoms with Gasteiger partial charge in [-0.05, 0) is 51.5 Å². The van der Waals surface area contributed by atoms with Gasteiger partial charge in [0, 0.05) is 38.8 Å². The van der Waals surface area contributed by atoms with Crippen molar-refractivity contribution in [1.82, 2.24) is 20.0 Å². The van der Waals surface area contributed by atoms with Gasteiger partial charge >= 0.3 is 6.03 Å². The molecule has 3 saturated heterocycles. The number of likely N-dealkylation sites (tertiary alicyclic amines) is 2. The number of piperidine rings is 2. The molecule has 146 valence electrons. The van der Waals surface area contributed by atoms with Gasteiger partial charge in [0.2, 0.25) is 0 Å². The fraction of sp³-hybridized carbons (Fsp3) is 0.900. The number of hydrogen-bond donors (Lipinski definition) is 1. The van der Waals surface area contributed by atoms with Crippen LogP contribution in [0.4, 0.5) is 4.79 Å². The lowest BCUT2D eigenvalue weighted by atomic mass is 9.87. The molecule has 26 heavy (non-hydrogen) atoms. The molecule has 0 aromatic heterocycles. The molecular formula is C20H34N4O2. The number of carbonyl (C=O) groups is 2. The molecule has 1 aliphatic carbocycles. The molecule has 3 amide bonds. The van der Waals surface area contributed by atoms with E-state index in [9.17, 15) is 9.59 Å². The molecule has 0 unspecified atom stereocenters. The van der Waals surface area contributed by atoms with E-state index >= 15 is 0 Å². The molecule has 0 atom stereocenters. The number of amides is 3. The Kier molecular flexibility index (Phi) is 5.24. The molecule has 6 heteroatoms. The van der Waals surface area contributed by atoms with Gasteiger partial charge in [-0.3, -0.25) is 9.69 Å². The molecule has 1 spiro atoms. The second-order valence-electron chi connectivity index (χ2n) is 9.03. The van der Waals surface area contributed by atoms with E-state index in [1.807, 2.05) is 0 Å². The summed E-state index contributed by atoms with van der Waals surface area (Å²) in [5.41, 5.74) is -0.622. The van der Waals surface area contributed by atoms with Crippen molar-refractivity contribution in [3.63, 3.8) is 0 Å². The van der Waals surface area contributed by atoms with Gasteiger partial charge < -0.3 is 15.1 Å². The predicted octanol–water partition coefficient (Wildman–Crippen LogP) is 2.05. The second kappa shape index (κ2) is 7.47. The van der Waals surface area contributed by atoms with E-state index in [-0.39, 0.29) is 18.0 Å². The minimum absolute atomic E-state index is 0.0429. The van der Waals surface area contributed by atoms with Crippen LogP contribution < -0.4 is 5.32 Å². The summed E-state index contributed by atoms with van der Waals surface area (Å²) in [7, 11) is 2.08. The van der Waals surface area contributed by atoms with Crippen LogP contribution in [-0.2, 0) is 4.79 Å². The third kappa shape index (κ3) is 3.50. The Bertz CT molecular complexity index is 530. The van der Waals surface area contributed by atoms with Crippen LogP contribution in [0.1, 0.15) is 57.8 Å². The van der Waals surface area contributed by atoms with Crippen LogP contribution >= 0.6 is 0 Å². The summed E-state index contributed by atoms with van der Waals surface area (Å²) in [6.45, 7) is 5.00. The number of nitrogens with one attached hydrogen (secondary N) is 1. The summed E-state index contributed by atoms with van der Waals surface area (Å²) in [6.07, 6.45) is 10.3. The van der Waals surface area contributed by atoms with Gasteiger partial charge in [-0.15, -0.1) is 0 Å². The van der Waals surface area contributed by atoms with Gasteiger partial charge in [0.15, 0.2) is 0 Å². The molecule has 0 bridgehead atoms. The average molecular weight is 363 g/mol. The average Bonchev–Trinajstić information content (AvgIpc) is 2.89.